The first kappa shape index (κ1) is 18.7. The van der Waals surface area contributed by atoms with E-state index in [-0.39, 0.29) is 0 Å². The van der Waals surface area contributed by atoms with Gasteiger partial charge in [-0.2, -0.15) is 0 Å². The Balaban J connectivity index is 0.000000349. The molecule has 0 saturated carbocycles. The van der Waals surface area contributed by atoms with Gasteiger partial charge >= 0.3 is 0 Å². The summed E-state index contributed by atoms with van der Waals surface area (Å²) in [5, 5.41) is 2.76. The van der Waals surface area contributed by atoms with Crippen molar-refractivity contribution in [3.8, 4) is 0 Å². The van der Waals surface area contributed by atoms with Crippen molar-refractivity contribution in [3.63, 3.8) is 0 Å². The van der Waals surface area contributed by atoms with Crippen LogP contribution in [0.4, 0.5) is 0 Å². The van der Waals surface area contributed by atoms with E-state index in [1.807, 2.05) is 11.3 Å². The third-order valence-electron chi connectivity index (χ3n) is 3.87. The predicted octanol–water partition coefficient (Wildman–Crippen LogP) is 1.17. The fourth-order valence-electron chi connectivity index (χ4n) is 2.86. The van der Waals surface area contributed by atoms with Crippen molar-refractivity contribution >= 4 is 31.5 Å². The Morgan fingerprint density at radius 3 is 1.54 bits per heavy atom. The highest BCUT2D eigenvalue weighted by atomic mass is 35.7. The van der Waals surface area contributed by atoms with Crippen LogP contribution in [0.15, 0.2) is 78.9 Å². The quantitative estimate of drug-likeness (QED) is 0.382. The van der Waals surface area contributed by atoms with Gasteiger partial charge in [-0.3, -0.25) is 0 Å². The molecular weight excluding hydrogens is 372 g/mol. The summed E-state index contributed by atoms with van der Waals surface area (Å²) in [7, 11) is -4.94. The Morgan fingerprint density at radius 2 is 1.04 bits per heavy atom. The molecule has 132 valence electrons. The van der Waals surface area contributed by atoms with E-state index in [4.69, 9.17) is 18.6 Å². The number of halogens is 1. The molecule has 0 aliphatic rings. The predicted molar refractivity (Wildman–Crippen MR) is 93.0 cm³/mol. The maximum absolute atomic E-state index is 8.49. The van der Waals surface area contributed by atoms with Gasteiger partial charge in [-0.1, -0.05) is 54.6 Å². The molecule has 4 nitrogen and oxygen atoms in total. The molecule has 0 N–H and O–H groups in total. The van der Waals surface area contributed by atoms with Gasteiger partial charge in [0.05, 0.1) is 0 Å². The van der Waals surface area contributed by atoms with Crippen LogP contribution in [0.3, 0.4) is 0 Å². The second-order valence-electron chi connectivity index (χ2n) is 5.61. The van der Waals surface area contributed by atoms with Gasteiger partial charge in [0, 0.05) is 22.9 Å². The van der Waals surface area contributed by atoms with Gasteiger partial charge in [-0.05, 0) is 29.7 Å². The molecule has 0 aliphatic carbocycles. The Hall–Kier alpha value is -2.12. The van der Waals surface area contributed by atoms with Crippen LogP contribution >= 0.6 is 11.3 Å². The minimum Gasteiger partial charge on any atom is -0.222 e. The molecule has 1 heterocycles. The molecule has 0 fully saturated rings. The normalized spacial score (nSPS) is 11.2. The lowest BCUT2D eigenvalue weighted by molar-refractivity contribution is -2.00. The molecule has 0 amide bonds. The van der Waals surface area contributed by atoms with Crippen molar-refractivity contribution in [2.75, 3.05) is 0 Å². The molecule has 0 spiro atoms. The van der Waals surface area contributed by atoms with Crippen molar-refractivity contribution in [1.29, 1.82) is 0 Å². The van der Waals surface area contributed by atoms with Gasteiger partial charge in [0.25, 0.3) is 0 Å². The van der Waals surface area contributed by atoms with Crippen LogP contribution in [0.25, 0.3) is 20.2 Å². The van der Waals surface area contributed by atoms with E-state index in [1.165, 1.54) is 31.3 Å². The minimum atomic E-state index is -4.94. The van der Waals surface area contributed by atoms with Crippen LogP contribution in [0.1, 0.15) is 11.1 Å². The largest absolute Gasteiger partial charge is 0.239 e. The molecule has 0 radical (unpaired) electrons. The zero-order valence-corrected chi connectivity index (χ0v) is 15.2. The summed E-state index contributed by atoms with van der Waals surface area (Å²) in [6.45, 7) is 0. The lowest BCUT2D eigenvalue weighted by Crippen LogP contribution is -2.68. The highest BCUT2D eigenvalue weighted by Crippen LogP contribution is 2.33. The van der Waals surface area contributed by atoms with E-state index in [9.17, 15) is 0 Å². The lowest BCUT2D eigenvalue weighted by Gasteiger charge is -2.17. The zero-order valence-electron chi connectivity index (χ0n) is 13.6. The summed E-state index contributed by atoms with van der Waals surface area (Å²) in [4.78, 5) is 0. The van der Waals surface area contributed by atoms with Crippen LogP contribution in [-0.4, -0.2) is 0 Å². The van der Waals surface area contributed by atoms with Crippen LogP contribution in [-0.2, 0) is 6.42 Å². The van der Waals surface area contributed by atoms with Crippen LogP contribution in [0.5, 0.6) is 0 Å². The summed E-state index contributed by atoms with van der Waals surface area (Å²) in [6.07, 6.45) is 0.982. The lowest BCUT2D eigenvalue weighted by atomic mass is 9.99. The molecule has 4 aromatic rings. The highest BCUT2D eigenvalue weighted by Gasteiger charge is 2.16. The topological polar surface area (TPSA) is 92.2 Å². The van der Waals surface area contributed by atoms with Gasteiger partial charge < -0.3 is 0 Å². The first-order valence-corrected chi connectivity index (χ1v) is 9.85. The third kappa shape index (κ3) is 4.95. The van der Waals surface area contributed by atoms with Gasteiger partial charge in [0.15, 0.2) is 0 Å². The first-order valence-electron chi connectivity index (χ1n) is 7.80. The molecule has 26 heavy (non-hydrogen) atoms. The third-order valence-corrected chi connectivity index (χ3v) is 5.02. The summed E-state index contributed by atoms with van der Waals surface area (Å²) in [5.74, 6) is 0. The monoisotopic (exact) mass is 386 g/mol. The van der Waals surface area contributed by atoms with Crippen molar-refractivity contribution in [1.82, 2.24) is 0 Å². The minimum absolute atomic E-state index is 0.982. The van der Waals surface area contributed by atoms with Crippen molar-refractivity contribution in [3.05, 3.63) is 90.0 Å². The maximum atomic E-state index is 8.49. The number of rotatable bonds is 2. The Kier molecular flexibility index (Phi) is 5.78. The number of fused-ring (bicyclic) bond motifs is 2. The fourth-order valence-corrected chi connectivity index (χ4v) is 4.00. The van der Waals surface area contributed by atoms with Crippen LogP contribution in [0, 0.1) is 10.2 Å². The summed E-state index contributed by atoms with van der Waals surface area (Å²) in [6, 6.07) is 28.2. The molecule has 1 aromatic heterocycles. The van der Waals surface area contributed by atoms with Gasteiger partial charge in [0.1, 0.15) is 0 Å². The smallest absolute Gasteiger partial charge is 0.222 e. The molecule has 3 aromatic carbocycles. The van der Waals surface area contributed by atoms with Crippen LogP contribution < -0.4 is 18.6 Å². The van der Waals surface area contributed by atoms with E-state index < -0.39 is 10.2 Å². The fraction of sp³-hybridized carbons (Fsp3) is 0.0500. The Bertz CT molecular complexity index is 956. The van der Waals surface area contributed by atoms with Crippen molar-refractivity contribution < 1.29 is 28.9 Å². The molecule has 0 aliphatic heterocycles. The van der Waals surface area contributed by atoms with Crippen molar-refractivity contribution in [2.45, 2.75) is 6.42 Å². The van der Waals surface area contributed by atoms with E-state index in [1.54, 1.807) is 0 Å². The second kappa shape index (κ2) is 8.05. The average molecular weight is 387 g/mol. The van der Waals surface area contributed by atoms with Crippen molar-refractivity contribution in [2.24, 2.45) is 0 Å². The number of hydrogen-bond acceptors (Lipinski definition) is 4. The maximum Gasteiger partial charge on any atom is 0.239 e. The van der Waals surface area contributed by atoms with Gasteiger partial charge in [0.2, 0.25) is 20.7 Å². The first-order chi connectivity index (χ1) is 12.4. The zero-order chi connectivity index (χ0) is 18.6. The molecule has 0 saturated heterocycles. The summed E-state index contributed by atoms with van der Waals surface area (Å²) in [5.41, 5.74) is 2.80. The van der Waals surface area contributed by atoms with E-state index >= 15 is 0 Å². The average Bonchev–Trinajstić information content (AvgIpc) is 2.61. The SMILES string of the molecule is [O-][Cl+3]([O-])([O-])[O-].c1ccc(Cc2c3ccccc3[s+]c3ccccc23)cc1. The number of hydrogen-bond donors (Lipinski definition) is 0. The molecule has 6 heteroatoms. The molecular formula is C20H15ClO4S. The molecule has 0 bridgehead atoms. The Labute approximate surface area is 157 Å². The van der Waals surface area contributed by atoms with E-state index in [0.29, 0.717) is 0 Å². The standard InChI is InChI=1S/C20H15S.ClHO4/c1-2-8-15(9-3-1)14-18-16-10-4-6-12-19(16)21-20-13-7-5-11-17(18)20;2-1(3,4)5/h1-13H,14H2;(H,2,3,4,5)/q+1;/p-1. The van der Waals surface area contributed by atoms with E-state index in [2.05, 4.69) is 78.9 Å². The molecule has 0 atom stereocenters. The van der Waals surface area contributed by atoms with Gasteiger partial charge in [-0.25, -0.2) is 18.6 Å². The molecule has 0 unspecified atom stereocenters. The summed E-state index contributed by atoms with van der Waals surface area (Å²) < 4.78 is 36.7. The van der Waals surface area contributed by atoms with Crippen LogP contribution in [0.2, 0.25) is 0 Å². The summed E-state index contributed by atoms with van der Waals surface area (Å²) >= 11 is 1.88. The van der Waals surface area contributed by atoms with Gasteiger partial charge in [-0.15, -0.1) is 10.2 Å². The number of benzene rings is 3. The molecule has 4 rings (SSSR count). The van der Waals surface area contributed by atoms with E-state index in [0.717, 1.165) is 6.42 Å². The Morgan fingerprint density at radius 1 is 0.615 bits per heavy atom. The second-order valence-corrected chi connectivity index (χ2v) is 7.45. The highest BCUT2D eigenvalue weighted by molar-refractivity contribution is 7.24.